The molecule has 0 radical (unpaired) electrons. The Labute approximate surface area is 80.9 Å². The molecule has 1 fully saturated rings. The summed E-state index contributed by atoms with van der Waals surface area (Å²) in [5.41, 5.74) is -0.0706. The van der Waals surface area contributed by atoms with E-state index in [1.807, 2.05) is 0 Å². The van der Waals surface area contributed by atoms with Crippen LogP contribution in [0, 0.1) is 23.7 Å². The molecule has 0 unspecified atom stereocenters. The van der Waals surface area contributed by atoms with Crippen LogP contribution in [0.25, 0.3) is 0 Å². The zero-order valence-corrected chi connectivity index (χ0v) is 8.38. The molecule has 1 nitrogen and oxygen atoms in total. The maximum atomic E-state index is 11.0. The molecule has 0 atom stereocenters. The SMILES string of the molecule is C#CCCC1(C=O)CCC(C)CC1. The Bertz CT molecular complexity index is 204. The van der Waals surface area contributed by atoms with Gasteiger partial charge in [-0.2, -0.15) is 0 Å². The monoisotopic (exact) mass is 178 g/mol. The van der Waals surface area contributed by atoms with Crippen LogP contribution in [0.4, 0.5) is 0 Å². The fourth-order valence-corrected chi connectivity index (χ4v) is 2.08. The molecule has 1 heteroatoms. The zero-order chi connectivity index (χ0) is 9.73. The minimum Gasteiger partial charge on any atom is -0.303 e. The summed E-state index contributed by atoms with van der Waals surface area (Å²) < 4.78 is 0. The van der Waals surface area contributed by atoms with Crippen LogP contribution in [0.5, 0.6) is 0 Å². The van der Waals surface area contributed by atoms with Crippen molar-refractivity contribution in [3.8, 4) is 12.3 Å². The largest absolute Gasteiger partial charge is 0.303 e. The highest BCUT2D eigenvalue weighted by Gasteiger charge is 2.32. The topological polar surface area (TPSA) is 17.1 Å². The van der Waals surface area contributed by atoms with Crippen LogP contribution in [-0.4, -0.2) is 6.29 Å². The molecule has 0 aromatic rings. The van der Waals surface area contributed by atoms with Gasteiger partial charge < -0.3 is 4.79 Å². The maximum absolute atomic E-state index is 11.0. The van der Waals surface area contributed by atoms with E-state index in [0.29, 0.717) is 0 Å². The van der Waals surface area contributed by atoms with Gasteiger partial charge in [-0.05, 0) is 38.0 Å². The van der Waals surface area contributed by atoms with Gasteiger partial charge in [0.1, 0.15) is 6.29 Å². The number of hydrogen-bond donors (Lipinski definition) is 0. The van der Waals surface area contributed by atoms with Gasteiger partial charge in [-0.1, -0.05) is 6.92 Å². The van der Waals surface area contributed by atoms with Crippen molar-refractivity contribution in [2.45, 2.75) is 45.4 Å². The predicted molar refractivity (Wildman–Crippen MR) is 54.2 cm³/mol. The molecule has 1 rings (SSSR count). The van der Waals surface area contributed by atoms with E-state index >= 15 is 0 Å². The summed E-state index contributed by atoms with van der Waals surface area (Å²) in [5, 5.41) is 0. The Kier molecular flexibility index (Phi) is 3.54. The highest BCUT2D eigenvalue weighted by molar-refractivity contribution is 5.59. The molecule has 13 heavy (non-hydrogen) atoms. The van der Waals surface area contributed by atoms with Crippen molar-refractivity contribution in [2.24, 2.45) is 11.3 Å². The predicted octanol–water partition coefficient (Wildman–Crippen LogP) is 2.80. The van der Waals surface area contributed by atoms with E-state index in [1.165, 1.54) is 12.8 Å². The van der Waals surface area contributed by atoms with Crippen molar-refractivity contribution in [3.05, 3.63) is 0 Å². The molecular weight excluding hydrogens is 160 g/mol. The quantitative estimate of drug-likeness (QED) is 0.480. The number of hydrogen-bond acceptors (Lipinski definition) is 1. The lowest BCUT2D eigenvalue weighted by molar-refractivity contribution is -0.118. The lowest BCUT2D eigenvalue weighted by Gasteiger charge is -2.34. The second kappa shape index (κ2) is 4.46. The Morgan fingerprint density at radius 1 is 1.54 bits per heavy atom. The average Bonchev–Trinajstić information content (AvgIpc) is 2.18. The molecule has 0 spiro atoms. The minimum atomic E-state index is -0.0706. The highest BCUT2D eigenvalue weighted by Crippen LogP contribution is 2.40. The average molecular weight is 178 g/mol. The van der Waals surface area contributed by atoms with E-state index in [4.69, 9.17) is 6.42 Å². The molecular formula is C12H18O. The third-order valence-corrected chi connectivity index (χ3v) is 3.29. The summed E-state index contributed by atoms with van der Waals surface area (Å²) in [6.45, 7) is 2.26. The first kappa shape index (κ1) is 10.3. The van der Waals surface area contributed by atoms with E-state index < -0.39 is 0 Å². The molecule has 0 aromatic carbocycles. The molecule has 0 aliphatic heterocycles. The summed E-state index contributed by atoms with van der Waals surface area (Å²) in [4.78, 5) is 11.0. The Hall–Kier alpha value is -0.770. The lowest BCUT2D eigenvalue weighted by atomic mass is 9.69. The van der Waals surface area contributed by atoms with E-state index in [-0.39, 0.29) is 5.41 Å². The number of carbonyl (C=O) groups excluding carboxylic acids is 1. The summed E-state index contributed by atoms with van der Waals surface area (Å²) in [5.74, 6) is 3.42. The molecule has 1 aliphatic rings. The summed E-state index contributed by atoms with van der Waals surface area (Å²) in [6, 6.07) is 0. The number of terminal acetylenes is 1. The summed E-state index contributed by atoms with van der Waals surface area (Å²) in [6.07, 6.45) is 12.5. The van der Waals surface area contributed by atoms with Gasteiger partial charge in [-0.15, -0.1) is 12.3 Å². The van der Waals surface area contributed by atoms with Gasteiger partial charge in [0, 0.05) is 11.8 Å². The van der Waals surface area contributed by atoms with E-state index in [0.717, 1.165) is 37.9 Å². The van der Waals surface area contributed by atoms with Crippen molar-refractivity contribution in [2.75, 3.05) is 0 Å². The van der Waals surface area contributed by atoms with Crippen molar-refractivity contribution in [3.63, 3.8) is 0 Å². The first-order valence-electron chi connectivity index (χ1n) is 5.12. The summed E-state index contributed by atoms with van der Waals surface area (Å²) >= 11 is 0. The molecule has 0 amide bonds. The molecule has 0 aromatic heterocycles. The van der Waals surface area contributed by atoms with Crippen LogP contribution < -0.4 is 0 Å². The molecule has 0 saturated heterocycles. The van der Waals surface area contributed by atoms with Gasteiger partial charge in [-0.3, -0.25) is 0 Å². The first-order chi connectivity index (χ1) is 6.22. The maximum Gasteiger partial charge on any atom is 0.126 e. The Balaban J connectivity index is 2.51. The van der Waals surface area contributed by atoms with Crippen molar-refractivity contribution in [1.29, 1.82) is 0 Å². The van der Waals surface area contributed by atoms with Gasteiger partial charge in [0.25, 0.3) is 0 Å². The number of rotatable bonds is 3. The second-order valence-electron chi connectivity index (χ2n) is 4.37. The van der Waals surface area contributed by atoms with E-state index in [1.54, 1.807) is 0 Å². The van der Waals surface area contributed by atoms with E-state index in [9.17, 15) is 4.79 Å². The van der Waals surface area contributed by atoms with Crippen LogP contribution in [0.1, 0.15) is 45.4 Å². The lowest BCUT2D eigenvalue weighted by Crippen LogP contribution is -2.28. The summed E-state index contributed by atoms with van der Waals surface area (Å²) in [7, 11) is 0. The van der Waals surface area contributed by atoms with Gasteiger partial charge in [0.2, 0.25) is 0 Å². The third kappa shape index (κ3) is 2.59. The Morgan fingerprint density at radius 2 is 2.15 bits per heavy atom. The second-order valence-corrected chi connectivity index (χ2v) is 4.37. The Morgan fingerprint density at radius 3 is 2.62 bits per heavy atom. The van der Waals surface area contributed by atoms with Crippen LogP contribution >= 0.6 is 0 Å². The van der Waals surface area contributed by atoms with Crippen molar-refractivity contribution < 1.29 is 4.79 Å². The smallest absolute Gasteiger partial charge is 0.126 e. The van der Waals surface area contributed by atoms with Gasteiger partial charge in [0.15, 0.2) is 0 Å². The molecule has 72 valence electrons. The van der Waals surface area contributed by atoms with Gasteiger partial charge in [0.05, 0.1) is 0 Å². The number of carbonyl (C=O) groups is 1. The van der Waals surface area contributed by atoms with Gasteiger partial charge >= 0.3 is 0 Å². The minimum absolute atomic E-state index is 0.0706. The zero-order valence-electron chi connectivity index (χ0n) is 8.38. The molecule has 0 heterocycles. The normalized spacial score (nSPS) is 33.7. The van der Waals surface area contributed by atoms with E-state index in [2.05, 4.69) is 12.8 Å². The molecule has 1 saturated carbocycles. The van der Waals surface area contributed by atoms with Crippen molar-refractivity contribution in [1.82, 2.24) is 0 Å². The molecule has 1 aliphatic carbocycles. The number of aldehydes is 1. The highest BCUT2D eigenvalue weighted by atomic mass is 16.1. The molecule has 0 N–H and O–H groups in total. The third-order valence-electron chi connectivity index (χ3n) is 3.29. The fourth-order valence-electron chi connectivity index (χ4n) is 2.08. The van der Waals surface area contributed by atoms with Gasteiger partial charge in [-0.25, -0.2) is 0 Å². The van der Waals surface area contributed by atoms with Crippen LogP contribution in [0.3, 0.4) is 0 Å². The standard InChI is InChI=1S/C12H18O/c1-3-4-7-12(10-13)8-5-11(2)6-9-12/h1,10-11H,4-9H2,2H3. The van der Waals surface area contributed by atoms with Crippen LogP contribution in [0.2, 0.25) is 0 Å². The van der Waals surface area contributed by atoms with Crippen LogP contribution in [-0.2, 0) is 4.79 Å². The van der Waals surface area contributed by atoms with Crippen molar-refractivity contribution >= 4 is 6.29 Å². The fraction of sp³-hybridized carbons (Fsp3) is 0.750. The molecule has 0 bridgehead atoms. The first-order valence-corrected chi connectivity index (χ1v) is 5.12. The van der Waals surface area contributed by atoms with Crippen LogP contribution in [0.15, 0.2) is 0 Å².